The molecule has 0 radical (unpaired) electrons. The van der Waals surface area contributed by atoms with Crippen LogP contribution in [0.2, 0.25) is 0 Å². The van der Waals surface area contributed by atoms with Gasteiger partial charge >= 0.3 is 5.97 Å². The first kappa shape index (κ1) is 19.1. The molecular weight excluding hydrogens is 252 g/mol. The van der Waals surface area contributed by atoms with E-state index in [-0.39, 0.29) is 11.8 Å². The van der Waals surface area contributed by atoms with Gasteiger partial charge in [0.2, 0.25) is 0 Å². The van der Waals surface area contributed by atoms with Gasteiger partial charge in [0.05, 0.1) is 7.11 Å². The van der Waals surface area contributed by atoms with Crippen molar-refractivity contribution in [3.63, 3.8) is 0 Å². The summed E-state index contributed by atoms with van der Waals surface area (Å²) in [5.74, 6) is -0.815. The third kappa shape index (κ3) is 9.11. The number of hydrogen-bond acceptors (Lipinski definition) is 3. The molecule has 0 amide bonds. The lowest BCUT2D eigenvalue weighted by Gasteiger charge is -2.13. The lowest BCUT2D eigenvalue weighted by atomic mass is 9.93. The standard InChI is InChI=1S/C17H32O3/c1-4-6-8-9-10-11-12-14-16(18)15(13-7-5-2)17(19)20-3/h15H,4-14H2,1-3H3. The fourth-order valence-corrected chi connectivity index (χ4v) is 2.39. The number of carbonyl (C=O) groups excluding carboxylic acids is 2. The predicted octanol–water partition coefficient (Wildman–Crippen LogP) is 4.68. The molecule has 0 saturated carbocycles. The second-order valence-corrected chi connectivity index (χ2v) is 5.56. The van der Waals surface area contributed by atoms with Crippen LogP contribution in [0.15, 0.2) is 0 Å². The summed E-state index contributed by atoms with van der Waals surface area (Å²) < 4.78 is 4.74. The van der Waals surface area contributed by atoms with Crippen LogP contribution in [0.3, 0.4) is 0 Å². The number of Topliss-reactive ketones (excluding diaryl/α,β-unsaturated/α-hetero) is 1. The van der Waals surface area contributed by atoms with Gasteiger partial charge in [0.15, 0.2) is 0 Å². The topological polar surface area (TPSA) is 43.4 Å². The Morgan fingerprint density at radius 1 is 0.850 bits per heavy atom. The summed E-state index contributed by atoms with van der Waals surface area (Å²) in [6.07, 6.45) is 11.4. The zero-order valence-electron chi connectivity index (χ0n) is 13.6. The first-order valence-electron chi connectivity index (χ1n) is 8.27. The van der Waals surface area contributed by atoms with Crippen molar-refractivity contribution in [3.05, 3.63) is 0 Å². The summed E-state index contributed by atoms with van der Waals surface area (Å²) in [4.78, 5) is 23.7. The summed E-state index contributed by atoms with van der Waals surface area (Å²) in [5.41, 5.74) is 0. The van der Waals surface area contributed by atoms with Crippen LogP contribution in [0.25, 0.3) is 0 Å². The van der Waals surface area contributed by atoms with E-state index in [0.717, 1.165) is 25.7 Å². The van der Waals surface area contributed by atoms with E-state index in [1.807, 2.05) is 0 Å². The quantitative estimate of drug-likeness (QED) is 0.280. The fraction of sp³-hybridized carbons (Fsp3) is 0.882. The van der Waals surface area contributed by atoms with Crippen LogP contribution in [0, 0.1) is 5.92 Å². The maximum Gasteiger partial charge on any atom is 0.316 e. The molecule has 0 heterocycles. The molecule has 0 rings (SSSR count). The average molecular weight is 284 g/mol. The van der Waals surface area contributed by atoms with E-state index >= 15 is 0 Å². The monoisotopic (exact) mass is 284 g/mol. The molecule has 3 nitrogen and oxygen atoms in total. The van der Waals surface area contributed by atoms with E-state index in [2.05, 4.69) is 13.8 Å². The van der Waals surface area contributed by atoms with Crippen LogP contribution < -0.4 is 0 Å². The Balaban J connectivity index is 3.86. The predicted molar refractivity (Wildman–Crippen MR) is 82.6 cm³/mol. The molecule has 118 valence electrons. The van der Waals surface area contributed by atoms with Gasteiger partial charge in [0, 0.05) is 6.42 Å². The molecule has 0 fully saturated rings. The Labute approximate surface area is 124 Å². The molecule has 0 spiro atoms. The van der Waals surface area contributed by atoms with Gasteiger partial charge in [0.25, 0.3) is 0 Å². The van der Waals surface area contributed by atoms with E-state index in [1.54, 1.807) is 0 Å². The smallest absolute Gasteiger partial charge is 0.316 e. The molecule has 20 heavy (non-hydrogen) atoms. The molecule has 0 aromatic heterocycles. The van der Waals surface area contributed by atoms with Gasteiger partial charge in [-0.3, -0.25) is 9.59 Å². The highest BCUT2D eigenvalue weighted by atomic mass is 16.5. The lowest BCUT2D eigenvalue weighted by Crippen LogP contribution is -2.25. The van der Waals surface area contributed by atoms with E-state index in [9.17, 15) is 9.59 Å². The molecule has 0 aromatic rings. The highest BCUT2D eigenvalue weighted by Crippen LogP contribution is 2.16. The minimum absolute atomic E-state index is 0.0684. The molecule has 0 aliphatic heterocycles. The summed E-state index contributed by atoms with van der Waals surface area (Å²) in [6, 6.07) is 0. The minimum atomic E-state index is -0.528. The van der Waals surface area contributed by atoms with E-state index < -0.39 is 5.92 Å². The SMILES string of the molecule is CCCCCCCCCC(=O)C(CCCC)C(=O)OC. The first-order chi connectivity index (χ1) is 9.67. The van der Waals surface area contributed by atoms with Crippen LogP contribution >= 0.6 is 0 Å². The Bertz CT molecular complexity index is 261. The minimum Gasteiger partial charge on any atom is -0.468 e. The maximum atomic E-state index is 12.1. The van der Waals surface area contributed by atoms with Gasteiger partial charge in [-0.2, -0.15) is 0 Å². The van der Waals surface area contributed by atoms with Gasteiger partial charge in [-0.15, -0.1) is 0 Å². The number of hydrogen-bond donors (Lipinski definition) is 0. The van der Waals surface area contributed by atoms with Crippen LogP contribution in [0.5, 0.6) is 0 Å². The van der Waals surface area contributed by atoms with Gasteiger partial charge in [0.1, 0.15) is 11.7 Å². The third-order valence-electron chi connectivity index (χ3n) is 3.75. The molecule has 0 aliphatic rings. The van der Waals surface area contributed by atoms with Crippen molar-refractivity contribution in [2.45, 2.75) is 84.5 Å². The van der Waals surface area contributed by atoms with E-state index in [4.69, 9.17) is 4.74 Å². The van der Waals surface area contributed by atoms with Gasteiger partial charge in [-0.05, 0) is 12.8 Å². The summed E-state index contributed by atoms with van der Waals surface area (Å²) >= 11 is 0. The van der Waals surface area contributed by atoms with Gasteiger partial charge in [-0.25, -0.2) is 0 Å². The number of methoxy groups -OCH3 is 1. The van der Waals surface area contributed by atoms with E-state index in [1.165, 1.54) is 39.2 Å². The molecule has 0 aliphatic carbocycles. The third-order valence-corrected chi connectivity index (χ3v) is 3.75. The highest BCUT2D eigenvalue weighted by Gasteiger charge is 2.25. The van der Waals surface area contributed by atoms with Crippen molar-refractivity contribution in [3.8, 4) is 0 Å². The average Bonchev–Trinajstić information content (AvgIpc) is 2.46. The van der Waals surface area contributed by atoms with Gasteiger partial charge < -0.3 is 4.74 Å². The van der Waals surface area contributed by atoms with Gasteiger partial charge in [-0.1, -0.05) is 65.2 Å². The number of rotatable bonds is 13. The zero-order chi connectivity index (χ0) is 15.2. The molecule has 1 atom stereocenters. The number of unbranched alkanes of at least 4 members (excludes halogenated alkanes) is 7. The molecule has 0 saturated heterocycles. The molecule has 3 heteroatoms. The molecular formula is C17H32O3. The Morgan fingerprint density at radius 3 is 1.95 bits per heavy atom. The first-order valence-corrected chi connectivity index (χ1v) is 8.27. The number of esters is 1. The normalized spacial score (nSPS) is 12.2. The van der Waals surface area contributed by atoms with Crippen LogP contribution in [-0.4, -0.2) is 18.9 Å². The van der Waals surface area contributed by atoms with E-state index in [0.29, 0.717) is 12.8 Å². The van der Waals surface area contributed by atoms with Crippen molar-refractivity contribution < 1.29 is 14.3 Å². The van der Waals surface area contributed by atoms with Crippen molar-refractivity contribution in [2.24, 2.45) is 5.92 Å². The van der Waals surface area contributed by atoms with Crippen molar-refractivity contribution >= 4 is 11.8 Å². The molecule has 0 aromatic carbocycles. The van der Waals surface area contributed by atoms with Crippen LogP contribution in [-0.2, 0) is 14.3 Å². The summed E-state index contributed by atoms with van der Waals surface area (Å²) in [6.45, 7) is 4.27. The fourth-order valence-electron chi connectivity index (χ4n) is 2.39. The number of ether oxygens (including phenoxy) is 1. The van der Waals surface area contributed by atoms with Crippen molar-refractivity contribution in [1.29, 1.82) is 0 Å². The Kier molecular flexibility index (Phi) is 12.6. The second-order valence-electron chi connectivity index (χ2n) is 5.56. The Morgan fingerprint density at radius 2 is 1.40 bits per heavy atom. The molecule has 0 bridgehead atoms. The largest absolute Gasteiger partial charge is 0.468 e. The molecule has 0 N–H and O–H groups in total. The number of ketones is 1. The summed E-state index contributed by atoms with van der Waals surface area (Å²) in [5, 5.41) is 0. The molecule has 1 unspecified atom stereocenters. The van der Waals surface area contributed by atoms with Crippen LogP contribution in [0.1, 0.15) is 84.5 Å². The maximum absolute atomic E-state index is 12.1. The lowest BCUT2D eigenvalue weighted by molar-refractivity contribution is -0.149. The van der Waals surface area contributed by atoms with Crippen molar-refractivity contribution in [1.82, 2.24) is 0 Å². The highest BCUT2D eigenvalue weighted by molar-refractivity contribution is 5.98. The van der Waals surface area contributed by atoms with Crippen molar-refractivity contribution in [2.75, 3.05) is 7.11 Å². The summed E-state index contributed by atoms with van der Waals surface area (Å²) in [7, 11) is 1.36. The number of carbonyl (C=O) groups is 2. The Hall–Kier alpha value is -0.860. The van der Waals surface area contributed by atoms with Crippen LogP contribution in [0.4, 0.5) is 0 Å². The zero-order valence-corrected chi connectivity index (χ0v) is 13.6. The second kappa shape index (κ2) is 13.1.